The minimum Gasteiger partial charge on any atom is -0.392 e. The molecule has 2 aromatic heterocycles. The maximum atomic E-state index is 13.9. The number of rotatable bonds is 4. The number of aromatic amines is 1. The molecule has 0 amide bonds. The van der Waals surface area contributed by atoms with E-state index in [0.717, 1.165) is 18.3 Å². The number of nitrogens with one attached hydrogen (secondary N) is 1. The van der Waals surface area contributed by atoms with Gasteiger partial charge in [0.05, 0.1) is 28.8 Å². The average molecular weight is 575 g/mol. The van der Waals surface area contributed by atoms with Crippen molar-refractivity contribution < 1.29 is 44.6 Å². The fraction of sp³-hybridized carbons (Fsp3) is 0.280. The van der Waals surface area contributed by atoms with Crippen LogP contribution in [0.1, 0.15) is 16.7 Å². The summed E-state index contributed by atoms with van der Waals surface area (Å²) < 4.78 is 123. The summed E-state index contributed by atoms with van der Waals surface area (Å²) in [6.45, 7) is -0.337. The Morgan fingerprint density at radius 3 is 2.02 bits per heavy atom. The predicted molar refractivity (Wildman–Crippen MR) is 126 cm³/mol. The Bertz CT molecular complexity index is 1550. The SMILES string of the molecule is OCc1cnc(N2CCN(c3nc4c(-c5cc(F)c(F)c(F)c5)cc(C(F)(F)F)cc4[nH]3)CC2)c(C(F)(F)F)c1. The maximum absolute atomic E-state index is 13.9. The molecule has 40 heavy (non-hydrogen) atoms. The Morgan fingerprint density at radius 2 is 1.45 bits per heavy atom. The quantitative estimate of drug-likeness (QED) is 0.235. The molecule has 4 aromatic rings. The lowest BCUT2D eigenvalue weighted by Gasteiger charge is -2.36. The third kappa shape index (κ3) is 5.12. The molecule has 2 aromatic carbocycles. The fourth-order valence-corrected chi connectivity index (χ4v) is 4.53. The van der Waals surface area contributed by atoms with Crippen LogP contribution in [0.15, 0.2) is 36.5 Å². The number of benzene rings is 2. The molecule has 0 radical (unpaired) electrons. The van der Waals surface area contributed by atoms with Crippen LogP contribution in [0.2, 0.25) is 0 Å². The van der Waals surface area contributed by atoms with Crippen molar-refractivity contribution in [3.63, 3.8) is 0 Å². The highest BCUT2D eigenvalue weighted by molar-refractivity contribution is 5.94. The molecule has 2 N–H and O–H groups in total. The van der Waals surface area contributed by atoms with Crippen LogP contribution in [0.4, 0.5) is 51.3 Å². The van der Waals surface area contributed by atoms with Gasteiger partial charge in [0, 0.05) is 37.9 Å². The summed E-state index contributed by atoms with van der Waals surface area (Å²) in [6.07, 6.45) is -8.42. The molecular weight excluding hydrogens is 557 g/mol. The van der Waals surface area contributed by atoms with Crippen LogP contribution in [0.5, 0.6) is 0 Å². The second-order valence-corrected chi connectivity index (χ2v) is 9.08. The number of nitrogens with zero attached hydrogens (tertiary/aromatic N) is 4. The second-order valence-electron chi connectivity index (χ2n) is 9.08. The topological polar surface area (TPSA) is 68.3 Å². The van der Waals surface area contributed by atoms with Gasteiger partial charge in [-0.1, -0.05) is 0 Å². The minimum atomic E-state index is -4.83. The van der Waals surface area contributed by atoms with Gasteiger partial charge in [-0.05, 0) is 41.5 Å². The molecule has 0 bridgehead atoms. The van der Waals surface area contributed by atoms with Crippen molar-refractivity contribution >= 4 is 22.8 Å². The number of alkyl halides is 6. The number of H-pyrrole nitrogens is 1. The number of fused-ring (bicyclic) bond motifs is 1. The average Bonchev–Trinajstić information content (AvgIpc) is 3.34. The van der Waals surface area contributed by atoms with Gasteiger partial charge in [-0.3, -0.25) is 0 Å². The van der Waals surface area contributed by atoms with Crippen LogP contribution in [0.3, 0.4) is 0 Å². The molecular formula is C25H18F9N5O. The standard InChI is InChI=1S/C25H18F9N5O/c26-17-6-13(7-18(27)20(17)28)15-8-14(24(29,30)31)9-19-21(15)37-23(36-19)39-3-1-38(2-4-39)22-16(25(32,33)34)5-12(11-40)10-35-22/h5-10,40H,1-4,11H2,(H,36,37). The Hall–Kier alpha value is -4.01. The van der Waals surface area contributed by atoms with E-state index in [4.69, 9.17) is 0 Å². The summed E-state index contributed by atoms with van der Waals surface area (Å²) in [5, 5.41) is 9.19. The fourth-order valence-electron chi connectivity index (χ4n) is 4.53. The van der Waals surface area contributed by atoms with Gasteiger partial charge >= 0.3 is 12.4 Å². The lowest BCUT2D eigenvalue weighted by Crippen LogP contribution is -2.47. The Morgan fingerprint density at radius 1 is 0.825 bits per heavy atom. The van der Waals surface area contributed by atoms with Crippen LogP contribution in [-0.2, 0) is 19.0 Å². The Kier molecular flexibility index (Phi) is 6.80. The van der Waals surface area contributed by atoms with Gasteiger partial charge < -0.3 is 19.9 Å². The zero-order valence-corrected chi connectivity index (χ0v) is 20.1. The van der Waals surface area contributed by atoms with Gasteiger partial charge in [-0.15, -0.1) is 0 Å². The van der Waals surface area contributed by atoms with Gasteiger partial charge in [0.15, 0.2) is 17.5 Å². The molecule has 15 heteroatoms. The normalized spacial score (nSPS) is 14.8. The summed E-state index contributed by atoms with van der Waals surface area (Å²) in [7, 11) is 0. The molecule has 1 saturated heterocycles. The maximum Gasteiger partial charge on any atom is 0.419 e. The van der Waals surface area contributed by atoms with E-state index in [-0.39, 0.29) is 65.7 Å². The largest absolute Gasteiger partial charge is 0.419 e. The van der Waals surface area contributed by atoms with Crippen LogP contribution >= 0.6 is 0 Å². The minimum absolute atomic E-state index is 0.00747. The van der Waals surface area contributed by atoms with Crippen molar-refractivity contribution in [3.8, 4) is 11.1 Å². The lowest BCUT2D eigenvalue weighted by molar-refractivity contribution is -0.138. The third-order valence-electron chi connectivity index (χ3n) is 6.49. The summed E-state index contributed by atoms with van der Waals surface area (Å²) in [5.41, 5.74) is -3.02. The van der Waals surface area contributed by atoms with Gasteiger partial charge in [-0.25, -0.2) is 23.1 Å². The van der Waals surface area contributed by atoms with E-state index in [1.165, 1.54) is 4.90 Å². The van der Waals surface area contributed by atoms with Crippen molar-refractivity contribution in [1.82, 2.24) is 15.0 Å². The molecule has 0 aliphatic carbocycles. The van der Waals surface area contributed by atoms with E-state index >= 15 is 0 Å². The molecule has 6 nitrogen and oxygen atoms in total. The van der Waals surface area contributed by atoms with Crippen molar-refractivity contribution in [2.24, 2.45) is 0 Å². The smallest absolute Gasteiger partial charge is 0.392 e. The number of anilines is 2. The van der Waals surface area contributed by atoms with Gasteiger partial charge in [0.25, 0.3) is 0 Å². The van der Waals surface area contributed by atoms with Gasteiger partial charge in [0.2, 0.25) is 5.95 Å². The lowest BCUT2D eigenvalue weighted by atomic mass is 10.0. The van der Waals surface area contributed by atoms with Crippen LogP contribution in [-0.4, -0.2) is 46.2 Å². The van der Waals surface area contributed by atoms with Crippen LogP contribution in [0, 0.1) is 17.5 Å². The molecule has 3 heterocycles. The van der Waals surface area contributed by atoms with Crippen LogP contribution < -0.4 is 9.80 Å². The molecule has 212 valence electrons. The first kappa shape index (κ1) is 27.6. The number of halogens is 9. The first-order chi connectivity index (χ1) is 18.8. The van der Waals surface area contributed by atoms with E-state index in [0.29, 0.717) is 18.2 Å². The molecule has 1 fully saturated rings. The number of pyridine rings is 1. The molecule has 0 unspecified atom stereocenters. The molecule has 0 spiro atoms. The monoisotopic (exact) mass is 575 g/mol. The van der Waals surface area contributed by atoms with E-state index in [2.05, 4.69) is 15.0 Å². The number of imidazole rings is 1. The van der Waals surface area contributed by atoms with Crippen LogP contribution in [0.25, 0.3) is 22.2 Å². The summed E-state index contributed by atoms with van der Waals surface area (Å²) in [5.74, 6) is -5.20. The number of hydrogen-bond donors (Lipinski definition) is 2. The van der Waals surface area contributed by atoms with Crippen molar-refractivity contribution in [1.29, 1.82) is 0 Å². The summed E-state index contributed by atoms with van der Waals surface area (Å²) in [6, 6.07) is 3.36. The van der Waals surface area contributed by atoms with E-state index < -0.39 is 47.5 Å². The summed E-state index contributed by atoms with van der Waals surface area (Å²) in [4.78, 5) is 13.9. The first-order valence-electron chi connectivity index (χ1n) is 11.7. The third-order valence-corrected chi connectivity index (χ3v) is 6.49. The van der Waals surface area contributed by atoms with Crippen molar-refractivity contribution in [2.45, 2.75) is 19.0 Å². The predicted octanol–water partition coefficient (Wildman–Crippen LogP) is 5.90. The summed E-state index contributed by atoms with van der Waals surface area (Å²) >= 11 is 0. The highest BCUT2D eigenvalue weighted by Crippen LogP contribution is 2.39. The molecule has 5 rings (SSSR count). The first-order valence-corrected chi connectivity index (χ1v) is 11.7. The Balaban J connectivity index is 1.48. The molecule has 0 saturated carbocycles. The van der Waals surface area contributed by atoms with Gasteiger partial charge in [-0.2, -0.15) is 26.3 Å². The van der Waals surface area contributed by atoms with Crippen molar-refractivity contribution in [3.05, 3.63) is 70.7 Å². The number of hydrogen-bond acceptors (Lipinski definition) is 5. The van der Waals surface area contributed by atoms with Gasteiger partial charge in [0.1, 0.15) is 5.82 Å². The zero-order chi connectivity index (χ0) is 29.0. The highest BCUT2D eigenvalue weighted by atomic mass is 19.4. The second kappa shape index (κ2) is 9.87. The highest BCUT2D eigenvalue weighted by Gasteiger charge is 2.37. The molecule has 1 aliphatic heterocycles. The van der Waals surface area contributed by atoms with E-state index in [1.807, 2.05) is 0 Å². The molecule has 1 aliphatic rings. The number of aliphatic hydroxyl groups excluding tert-OH is 1. The number of aliphatic hydroxyl groups is 1. The zero-order valence-electron chi connectivity index (χ0n) is 20.1. The number of piperazine rings is 1. The van der Waals surface area contributed by atoms with E-state index in [1.54, 1.807) is 4.90 Å². The van der Waals surface area contributed by atoms with Crippen molar-refractivity contribution in [2.75, 3.05) is 36.0 Å². The molecule has 0 atom stereocenters. The Labute approximate surface area is 219 Å². The van der Waals surface area contributed by atoms with E-state index in [9.17, 15) is 44.6 Å². The number of aromatic nitrogens is 3.